The number of hydrogen-bond acceptors (Lipinski definition) is 9. The van der Waals surface area contributed by atoms with Crippen LogP contribution in [0.2, 0.25) is 78.6 Å². The molecule has 4 atom stereocenters. The van der Waals surface area contributed by atoms with E-state index < -0.39 is 56.7 Å². The van der Waals surface area contributed by atoms with Gasteiger partial charge in [0.05, 0.1) is 12.1 Å². The van der Waals surface area contributed by atoms with Crippen LogP contribution in [0.4, 0.5) is 0 Å². The zero-order chi connectivity index (χ0) is 65.1. The summed E-state index contributed by atoms with van der Waals surface area (Å²) in [5.41, 5.74) is 6.08. The van der Waals surface area contributed by atoms with Crippen LogP contribution in [0, 0.1) is 22.7 Å². The van der Waals surface area contributed by atoms with Gasteiger partial charge in [-0.15, -0.1) is 46.1 Å². The zero-order valence-corrected chi connectivity index (χ0v) is 58.7. The molecule has 0 bridgehead atoms. The van der Waals surface area contributed by atoms with Gasteiger partial charge in [-0.05, 0) is 191 Å². The van der Waals surface area contributed by atoms with E-state index in [1.54, 1.807) is 13.0 Å². The second kappa shape index (κ2) is 39.5. The number of nitrogens with zero attached hydrogens (tertiary/aromatic N) is 2. The maximum absolute atomic E-state index is 13.2. The summed E-state index contributed by atoms with van der Waals surface area (Å²) in [6.07, 6.45) is 19.1. The highest BCUT2D eigenvalue weighted by molar-refractivity contribution is 6.71. The molecule has 9 nitrogen and oxygen atoms in total. The molecule has 0 aliphatic heterocycles. The normalized spacial score (nSPS) is 13.1. The molecule has 0 saturated carbocycles. The van der Waals surface area contributed by atoms with Gasteiger partial charge < -0.3 is 22.5 Å². The number of benzene rings is 4. The second-order valence-electron chi connectivity index (χ2n) is 24.9. The van der Waals surface area contributed by atoms with Crippen molar-refractivity contribution in [2.75, 3.05) is 0 Å². The van der Waals surface area contributed by atoms with Crippen LogP contribution in [0.15, 0.2) is 186 Å². The number of ketones is 3. The van der Waals surface area contributed by atoms with Crippen LogP contribution >= 0.6 is 0 Å². The van der Waals surface area contributed by atoms with E-state index in [2.05, 4.69) is 137 Å². The van der Waals surface area contributed by atoms with Crippen molar-refractivity contribution >= 4 is 50.6 Å². The first-order valence-electron chi connectivity index (χ1n) is 29.4. The van der Waals surface area contributed by atoms with Crippen LogP contribution in [-0.4, -0.2) is 61.8 Å². The average molecular weight is 1220 g/mol. The number of hydrogen-bond donors (Lipinski definition) is 0. The fourth-order valence-corrected chi connectivity index (χ4v) is 13.7. The highest BCUT2D eigenvalue weighted by Crippen LogP contribution is 2.32. The van der Waals surface area contributed by atoms with Crippen LogP contribution in [0.3, 0.4) is 0 Å². The Morgan fingerprint density at radius 1 is 0.447 bits per heavy atom. The van der Waals surface area contributed by atoms with E-state index in [0.29, 0.717) is 32.1 Å². The summed E-state index contributed by atoms with van der Waals surface area (Å²) in [7, 11) is -7.14. The van der Waals surface area contributed by atoms with Crippen LogP contribution in [0.25, 0.3) is 0 Å². The molecular formula is C72H104N2O7Si4. The molecule has 4 unspecified atom stereocenters. The van der Waals surface area contributed by atoms with Crippen molar-refractivity contribution in [3.8, 4) is 12.1 Å². The Kier molecular flexibility index (Phi) is 36.6. The summed E-state index contributed by atoms with van der Waals surface area (Å²) in [5, 5.41) is 18.5. The Morgan fingerprint density at radius 2 is 0.729 bits per heavy atom. The summed E-state index contributed by atoms with van der Waals surface area (Å²) in [6.45, 7) is 56.7. The molecule has 0 saturated heterocycles. The van der Waals surface area contributed by atoms with Crippen LogP contribution in [0.5, 0.6) is 0 Å². The summed E-state index contributed by atoms with van der Waals surface area (Å²) in [5.74, 6) is 0.364. The van der Waals surface area contributed by atoms with Gasteiger partial charge in [-0.25, -0.2) is 0 Å². The Hall–Kier alpha value is -6.24. The van der Waals surface area contributed by atoms with E-state index in [1.807, 2.05) is 147 Å². The fourth-order valence-electron chi connectivity index (χ4n) is 8.84. The van der Waals surface area contributed by atoms with Crippen molar-refractivity contribution in [2.45, 2.75) is 187 Å². The molecule has 4 aromatic carbocycles. The van der Waals surface area contributed by atoms with Gasteiger partial charge in [0, 0.05) is 17.5 Å². The number of carbonyl (C=O) groups is 3. The molecular weight excluding hydrogens is 1120 g/mol. The Labute approximate surface area is 519 Å². The first-order valence-corrected chi connectivity index (χ1v) is 43.0. The Morgan fingerprint density at radius 3 is 0.976 bits per heavy atom. The summed E-state index contributed by atoms with van der Waals surface area (Å²) < 4.78 is 24.4. The first kappa shape index (κ1) is 78.8. The van der Waals surface area contributed by atoms with Crippen molar-refractivity contribution < 1.29 is 32.1 Å². The summed E-state index contributed by atoms with van der Waals surface area (Å²) in [4.78, 5) is 36.5. The lowest BCUT2D eigenvalue weighted by Crippen LogP contribution is -2.46. The minimum atomic E-state index is -1.85. The zero-order valence-electron chi connectivity index (χ0n) is 54.7. The maximum Gasteiger partial charge on any atom is 0.193 e. The molecule has 0 spiro atoms. The maximum atomic E-state index is 13.2. The van der Waals surface area contributed by atoms with Crippen molar-refractivity contribution in [3.63, 3.8) is 0 Å². The van der Waals surface area contributed by atoms with Crippen molar-refractivity contribution in [2.24, 2.45) is 0 Å². The lowest BCUT2D eigenvalue weighted by molar-refractivity contribution is -0.116. The quantitative estimate of drug-likeness (QED) is 0.0274. The van der Waals surface area contributed by atoms with E-state index in [4.69, 9.17) is 17.7 Å². The van der Waals surface area contributed by atoms with Gasteiger partial charge in [-0.1, -0.05) is 140 Å². The van der Waals surface area contributed by atoms with Gasteiger partial charge >= 0.3 is 0 Å². The molecule has 0 aromatic heterocycles. The van der Waals surface area contributed by atoms with Crippen molar-refractivity contribution in [1.29, 1.82) is 10.5 Å². The molecule has 85 heavy (non-hydrogen) atoms. The molecule has 0 fully saturated rings. The van der Waals surface area contributed by atoms with E-state index in [-0.39, 0.29) is 17.3 Å². The molecule has 0 aliphatic carbocycles. The van der Waals surface area contributed by atoms with E-state index in [0.717, 1.165) is 76.6 Å². The number of carbonyl (C=O) groups excluding carboxylic acids is 3. The van der Waals surface area contributed by atoms with E-state index >= 15 is 0 Å². The largest absolute Gasteiger partial charge is 0.405 e. The first-order chi connectivity index (χ1) is 39.7. The SMILES string of the molecule is C=CCCC(C)(O[Si](C)(C)C)C(=O)c1ccccc1CC=C.C=CCCC(C)(O[Si](C)(C)C)C(=O)c1ccccc1CC=C.C=CCCC(C)=O.C=CCc1ccccc1C(C#N)O[Si](C)(C)C.C=CCc1ccccc1C(C#N)O[Si](C)(C)C. The predicted molar refractivity (Wildman–Crippen MR) is 370 cm³/mol. The van der Waals surface area contributed by atoms with E-state index in [1.165, 1.54) is 0 Å². The predicted octanol–water partition coefficient (Wildman–Crippen LogP) is 19.6. The standard InChI is InChI=1S/2C19H28O2Si.2C14H19NOSi.C6H10O/c2*1-7-9-15-19(3,21-22(4,5)6)18(20)17-14-11-10-13-16(17)12-8-2;2*1-5-8-12-9-6-7-10-13(12)14(11-15)16-17(2,3)4;1-3-4-5-6(2)7/h2*7-8,10-11,13-14H,1-2,9,12,15H2,3-6H3;2*5-7,9-10,14H,1,8H2,2-4H3;3H,1,4-5H2,2H3. The number of Topliss-reactive ketones (excluding diaryl/α,β-unsaturated/α-hetero) is 3. The lowest BCUT2D eigenvalue weighted by Gasteiger charge is -2.35. The summed E-state index contributed by atoms with van der Waals surface area (Å²) in [6, 6.07) is 35.8. The summed E-state index contributed by atoms with van der Waals surface area (Å²) >= 11 is 0. The molecule has 4 aromatic rings. The van der Waals surface area contributed by atoms with Gasteiger partial charge in [0.15, 0.2) is 57.0 Å². The van der Waals surface area contributed by atoms with Gasteiger partial charge in [0.2, 0.25) is 0 Å². The van der Waals surface area contributed by atoms with Gasteiger partial charge in [0.25, 0.3) is 0 Å². The second-order valence-corrected chi connectivity index (χ2v) is 42.7. The topological polar surface area (TPSA) is 136 Å². The van der Waals surface area contributed by atoms with Crippen LogP contribution in [-0.2, 0) is 48.2 Å². The smallest absolute Gasteiger partial charge is 0.193 e. The molecule has 13 heteroatoms. The highest BCUT2D eigenvalue weighted by Gasteiger charge is 2.40. The third-order valence-corrected chi connectivity index (χ3v) is 16.2. The minimum Gasteiger partial charge on any atom is -0.405 e. The average Bonchev–Trinajstić information content (AvgIpc) is 3.64. The van der Waals surface area contributed by atoms with Gasteiger partial charge in [-0.3, -0.25) is 9.59 Å². The molecule has 460 valence electrons. The van der Waals surface area contributed by atoms with E-state index in [9.17, 15) is 24.9 Å². The van der Waals surface area contributed by atoms with Crippen molar-refractivity contribution in [1.82, 2.24) is 0 Å². The molecule has 0 radical (unpaired) electrons. The van der Waals surface area contributed by atoms with Gasteiger partial charge in [-0.2, -0.15) is 10.5 Å². The van der Waals surface area contributed by atoms with Crippen LogP contribution < -0.4 is 0 Å². The van der Waals surface area contributed by atoms with Crippen molar-refractivity contribution in [3.05, 3.63) is 230 Å². The molecule has 0 amide bonds. The molecule has 0 N–H and O–H groups in total. The Balaban J connectivity index is 0.00000107. The lowest BCUT2D eigenvalue weighted by atomic mass is 9.87. The third kappa shape index (κ3) is 32.2. The monoisotopic (exact) mass is 1220 g/mol. The van der Waals surface area contributed by atoms with Crippen LogP contribution in [0.1, 0.15) is 126 Å². The molecule has 4 rings (SSSR count). The number of allylic oxidation sites excluding steroid dienone is 7. The van der Waals surface area contributed by atoms with Gasteiger partial charge in [0.1, 0.15) is 17.0 Å². The highest BCUT2D eigenvalue weighted by atomic mass is 28.4. The number of rotatable bonds is 31. The molecule has 0 aliphatic rings. The Bertz CT molecular complexity index is 2690. The third-order valence-electron chi connectivity index (χ3n) is 12.2. The molecule has 0 heterocycles. The number of nitriles is 2. The fraction of sp³-hybridized carbons (Fsp3) is 0.403. The minimum absolute atomic E-state index is 0.0641.